The van der Waals surface area contributed by atoms with Crippen LogP contribution < -0.4 is 5.32 Å². The largest absolute Gasteiger partial charge is 0.316 e. The number of benzene rings is 1. The molecule has 0 aromatic heterocycles. The lowest BCUT2D eigenvalue weighted by atomic mass is 10.1. The second kappa shape index (κ2) is 9.41. The van der Waals surface area contributed by atoms with Crippen LogP contribution in [0.1, 0.15) is 45.1 Å². The van der Waals surface area contributed by atoms with Gasteiger partial charge in [-0.15, -0.1) is 0 Å². The Bertz CT molecular complexity index is 305. The Labute approximate surface area is 117 Å². The molecule has 0 saturated carbocycles. The smallest absolute Gasteiger partial charge is 0.0406 e. The van der Waals surface area contributed by atoms with Gasteiger partial charge in [0, 0.05) is 5.02 Å². The summed E-state index contributed by atoms with van der Waals surface area (Å²) in [5, 5.41) is 4.31. The summed E-state index contributed by atoms with van der Waals surface area (Å²) >= 11 is 5.86. The van der Waals surface area contributed by atoms with Crippen LogP contribution in [0.25, 0.3) is 0 Å². The van der Waals surface area contributed by atoms with Gasteiger partial charge in [-0.25, -0.2) is 0 Å². The zero-order valence-corrected chi connectivity index (χ0v) is 12.5. The number of rotatable bonds is 9. The molecule has 102 valence electrons. The highest BCUT2D eigenvalue weighted by Crippen LogP contribution is 2.12. The zero-order valence-electron chi connectivity index (χ0n) is 11.7. The van der Waals surface area contributed by atoms with Gasteiger partial charge in [-0.05, 0) is 56.0 Å². The highest BCUT2D eigenvalue weighted by Gasteiger charge is 1.95. The maximum absolute atomic E-state index is 5.86. The molecule has 2 heteroatoms. The van der Waals surface area contributed by atoms with Gasteiger partial charge in [0.1, 0.15) is 0 Å². The van der Waals surface area contributed by atoms with Crippen LogP contribution in [-0.2, 0) is 6.42 Å². The molecule has 18 heavy (non-hydrogen) atoms. The van der Waals surface area contributed by atoms with Gasteiger partial charge in [0.15, 0.2) is 0 Å². The van der Waals surface area contributed by atoms with E-state index in [1.807, 2.05) is 12.1 Å². The van der Waals surface area contributed by atoms with Gasteiger partial charge < -0.3 is 5.32 Å². The van der Waals surface area contributed by atoms with Crippen LogP contribution >= 0.6 is 11.6 Å². The minimum atomic E-state index is 0.759. The maximum Gasteiger partial charge on any atom is 0.0406 e. The third kappa shape index (κ3) is 7.73. The minimum absolute atomic E-state index is 0.759. The first-order valence-corrected chi connectivity index (χ1v) is 7.51. The average Bonchev–Trinajstić information content (AvgIpc) is 2.34. The Hall–Kier alpha value is -0.530. The van der Waals surface area contributed by atoms with Crippen LogP contribution in [0.4, 0.5) is 0 Å². The highest BCUT2D eigenvalue weighted by molar-refractivity contribution is 6.30. The van der Waals surface area contributed by atoms with Crippen molar-refractivity contribution in [2.75, 3.05) is 13.1 Å². The summed E-state index contributed by atoms with van der Waals surface area (Å²) in [7, 11) is 0. The van der Waals surface area contributed by atoms with Crippen LogP contribution in [0, 0.1) is 5.92 Å². The Morgan fingerprint density at radius 1 is 1.00 bits per heavy atom. The Balaban J connectivity index is 1.94. The van der Waals surface area contributed by atoms with Crippen LogP contribution in [0.2, 0.25) is 5.02 Å². The van der Waals surface area contributed by atoms with Crippen molar-refractivity contribution in [3.63, 3.8) is 0 Å². The van der Waals surface area contributed by atoms with E-state index in [1.54, 1.807) is 0 Å². The quantitative estimate of drug-likeness (QED) is 0.640. The number of hydrogen-bond acceptors (Lipinski definition) is 1. The number of unbranched alkanes of at least 4 members (excludes halogenated alkanes) is 3. The third-order valence-electron chi connectivity index (χ3n) is 3.03. The second-order valence-electron chi connectivity index (χ2n) is 5.39. The molecular weight excluding hydrogens is 242 g/mol. The fourth-order valence-corrected chi connectivity index (χ4v) is 2.10. The van der Waals surface area contributed by atoms with Gasteiger partial charge in [0.05, 0.1) is 0 Å². The number of nitrogens with one attached hydrogen (secondary N) is 1. The summed E-state index contributed by atoms with van der Waals surface area (Å²) in [6.45, 7) is 6.81. The van der Waals surface area contributed by atoms with Crippen molar-refractivity contribution in [1.29, 1.82) is 0 Å². The summed E-state index contributed by atoms with van der Waals surface area (Å²) in [5.41, 5.74) is 1.40. The van der Waals surface area contributed by atoms with Crippen molar-refractivity contribution >= 4 is 11.6 Å². The minimum Gasteiger partial charge on any atom is -0.316 e. The molecule has 1 N–H and O–H groups in total. The summed E-state index contributed by atoms with van der Waals surface area (Å²) in [4.78, 5) is 0. The second-order valence-corrected chi connectivity index (χ2v) is 5.83. The predicted octanol–water partition coefficient (Wildman–Crippen LogP) is 4.69. The first kappa shape index (κ1) is 15.5. The van der Waals surface area contributed by atoms with Gasteiger partial charge in [0.25, 0.3) is 0 Å². The molecule has 0 amide bonds. The van der Waals surface area contributed by atoms with Crippen molar-refractivity contribution in [1.82, 2.24) is 5.32 Å². The van der Waals surface area contributed by atoms with E-state index in [2.05, 4.69) is 31.3 Å². The molecule has 0 saturated heterocycles. The molecule has 0 aliphatic carbocycles. The number of halogens is 1. The van der Waals surface area contributed by atoms with Gasteiger partial charge in [0.2, 0.25) is 0 Å². The number of hydrogen-bond donors (Lipinski definition) is 1. The molecule has 0 atom stereocenters. The SMILES string of the molecule is CC(C)CNCCCCCCc1ccc(Cl)cc1. The van der Waals surface area contributed by atoms with E-state index in [0.29, 0.717) is 0 Å². The van der Waals surface area contributed by atoms with Crippen molar-refractivity contribution < 1.29 is 0 Å². The van der Waals surface area contributed by atoms with E-state index >= 15 is 0 Å². The molecule has 0 radical (unpaired) electrons. The molecule has 0 heterocycles. The normalized spacial score (nSPS) is 11.1. The van der Waals surface area contributed by atoms with E-state index in [0.717, 1.165) is 17.5 Å². The fourth-order valence-electron chi connectivity index (χ4n) is 1.97. The molecule has 0 aliphatic heterocycles. The summed E-state index contributed by atoms with van der Waals surface area (Å²) in [6.07, 6.45) is 6.42. The molecule has 1 aromatic carbocycles. The van der Waals surface area contributed by atoms with Crippen molar-refractivity contribution in [3.8, 4) is 0 Å². The molecular formula is C16H26ClN. The Kier molecular flexibility index (Phi) is 8.11. The Morgan fingerprint density at radius 3 is 2.33 bits per heavy atom. The van der Waals surface area contributed by atoms with E-state index in [-0.39, 0.29) is 0 Å². The summed E-state index contributed by atoms with van der Waals surface area (Å²) < 4.78 is 0. The third-order valence-corrected chi connectivity index (χ3v) is 3.29. The first-order valence-electron chi connectivity index (χ1n) is 7.13. The summed E-state index contributed by atoms with van der Waals surface area (Å²) in [5.74, 6) is 0.759. The topological polar surface area (TPSA) is 12.0 Å². The van der Waals surface area contributed by atoms with Gasteiger partial charge >= 0.3 is 0 Å². The first-order chi connectivity index (χ1) is 8.68. The van der Waals surface area contributed by atoms with E-state index in [9.17, 15) is 0 Å². The molecule has 1 nitrogen and oxygen atoms in total. The standard InChI is InChI=1S/C16H26ClN/c1-14(2)13-18-12-6-4-3-5-7-15-8-10-16(17)11-9-15/h8-11,14,18H,3-7,12-13H2,1-2H3. The highest BCUT2D eigenvalue weighted by atomic mass is 35.5. The molecule has 1 aromatic rings. The average molecular weight is 268 g/mol. The molecule has 0 spiro atoms. The fraction of sp³-hybridized carbons (Fsp3) is 0.625. The molecule has 0 aliphatic rings. The maximum atomic E-state index is 5.86. The van der Waals surface area contributed by atoms with Crippen LogP contribution in [-0.4, -0.2) is 13.1 Å². The molecule has 0 unspecified atom stereocenters. The van der Waals surface area contributed by atoms with Crippen LogP contribution in [0.3, 0.4) is 0 Å². The molecule has 0 bridgehead atoms. The number of aryl methyl sites for hydroxylation is 1. The zero-order chi connectivity index (χ0) is 13.2. The van der Waals surface area contributed by atoms with Gasteiger partial charge in [-0.2, -0.15) is 0 Å². The van der Waals surface area contributed by atoms with Gasteiger partial charge in [-0.3, -0.25) is 0 Å². The Morgan fingerprint density at radius 2 is 1.67 bits per heavy atom. The molecule has 1 rings (SSSR count). The predicted molar refractivity (Wildman–Crippen MR) is 81.3 cm³/mol. The van der Waals surface area contributed by atoms with Crippen molar-refractivity contribution in [3.05, 3.63) is 34.9 Å². The lowest BCUT2D eigenvalue weighted by molar-refractivity contribution is 0.526. The van der Waals surface area contributed by atoms with E-state index < -0.39 is 0 Å². The van der Waals surface area contributed by atoms with Gasteiger partial charge in [-0.1, -0.05) is 50.4 Å². The summed E-state index contributed by atoms with van der Waals surface area (Å²) in [6, 6.07) is 8.22. The monoisotopic (exact) mass is 267 g/mol. The van der Waals surface area contributed by atoms with E-state index in [4.69, 9.17) is 11.6 Å². The van der Waals surface area contributed by atoms with Crippen molar-refractivity contribution in [2.24, 2.45) is 5.92 Å². The lowest BCUT2D eigenvalue weighted by Gasteiger charge is -2.07. The van der Waals surface area contributed by atoms with Crippen molar-refractivity contribution in [2.45, 2.75) is 46.0 Å². The van der Waals surface area contributed by atoms with Crippen LogP contribution in [0.15, 0.2) is 24.3 Å². The van der Waals surface area contributed by atoms with Crippen LogP contribution in [0.5, 0.6) is 0 Å². The van der Waals surface area contributed by atoms with E-state index in [1.165, 1.54) is 44.2 Å². The lowest BCUT2D eigenvalue weighted by Crippen LogP contribution is -2.20. The molecule has 0 fully saturated rings.